The van der Waals surface area contributed by atoms with Crippen molar-refractivity contribution < 1.29 is 14.1 Å². The van der Waals surface area contributed by atoms with E-state index in [9.17, 15) is 10.1 Å². The van der Waals surface area contributed by atoms with Crippen molar-refractivity contribution in [1.29, 1.82) is 0 Å². The van der Waals surface area contributed by atoms with Gasteiger partial charge in [-0.05, 0) is 25.0 Å². The molecular formula is C14H15N3O4. The van der Waals surface area contributed by atoms with Crippen molar-refractivity contribution in [2.45, 2.75) is 25.4 Å². The minimum atomic E-state index is -0.485. The lowest BCUT2D eigenvalue weighted by atomic mass is 10.2. The van der Waals surface area contributed by atoms with Crippen molar-refractivity contribution in [3.05, 3.63) is 40.3 Å². The monoisotopic (exact) mass is 289 g/mol. The molecular weight excluding hydrogens is 274 g/mol. The number of hydrogen-bond acceptors (Lipinski definition) is 6. The van der Waals surface area contributed by atoms with Crippen molar-refractivity contribution in [3.8, 4) is 17.2 Å². The Hall–Kier alpha value is -2.41. The summed E-state index contributed by atoms with van der Waals surface area (Å²) in [5, 5.41) is 14.4. The van der Waals surface area contributed by atoms with Gasteiger partial charge in [-0.15, -0.1) is 0 Å². The van der Waals surface area contributed by atoms with Gasteiger partial charge >= 0.3 is 5.69 Å². The van der Waals surface area contributed by atoms with Gasteiger partial charge in [0.1, 0.15) is 6.26 Å². The summed E-state index contributed by atoms with van der Waals surface area (Å²) in [6, 6.07) is 5.23. The fraction of sp³-hybridized carbons (Fsp3) is 0.357. The SMILES string of the molecule is COc1ccc(-c2nc(CNC3CC3)co2)cc1[N+](=O)[O-]. The maximum absolute atomic E-state index is 11.0. The molecule has 110 valence electrons. The van der Waals surface area contributed by atoms with E-state index in [1.54, 1.807) is 18.4 Å². The van der Waals surface area contributed by atoms with Crippen molar-refractivity contribution in [1.82, 2.24) is 10.3 Å². The number of nitro groups is 1. The lowest BCUT2D eigenvalue weighted by Crippen LogP contribution is -2.15. The van der Waals surface area contributed by atoms with Gasteiger partial charge in [0.2, 0.25) is 5.89 Å². The van der Waals surface area contributed by atoms with Crippen LogP contribution in [0.25, 0.3) is 11.5 Å². The van der Waals surface area contributed by atoms with E-state index < -0.39 is 4.92 Å². The zero-order valence-corrected chi connectivity index (χ0v) is 11.5. The molecule has 0 aliphatic heterocycles. The first kappa shape index (κ1) is 13.6. The number of hydrogen-bond donors (Lipinski definition) is 1. The van der Waals surface area contributed by atoms with Gasteiger partial charge in [0.15, 0.2) is 5.75 Å². The van der Waals surface area contributed by atoms with Crippen LogP contribution < -0.4 is 10.1 Å². The topological polar surface area (TPSA) is 90.4 Å². The van der Waals surface area contributed by atoms with Gasteiger partial charge in [-0.3, -0.25) is 10.1 Å². The number of ether oxygens (including phenoxy) is 1. The number of nitrogens with zero attached hydrogens (tertiary/aromatic N) is 2. The molecule has 2 aromatic rings. The molecule has 0 atom stereocenters. The van der Waals surface area contributed by atoms with Crippen LogP contribution >= 0.6 is 0 Å². The molecule has 1 N–H and O–H groups in total. The first-order valence-corrected chi connectivity index (χ1v) is 6.68. The van der Waals surface area contributed by atoms with E-state index in [1.807, 2.05) is 0 Å². The van der Waals surface area contributed by atoms with E-state index in [0.29, 0.717) is 24.0 Å². The highest BCUT2D eigenvalue weighted by molar-refractivity contribution is 5.62. The van der Waals surface area contributed by atoms with Crippen molar-refractivity contribution in [3.63, 3.8) is 0 Å². The Morgan fingerprint density at radius 3 is 3.00 bits per heavy atom. The van der Waals surface area contributed by atoms with Gasteiger partial charge in [-0.2, -0.15) is 0 Å². The summed E-state index contributed by atoms with van der Waals surface area (Å²) in [5.41, 5.74) is 1.24. The Morgan fingerprint density at radius 2 is 2.33 bits per heavy atom. The second kappa shape index (κ2) is 5.53. The van der Waals surface area contributed by atoms with Crippen LogP contribution in [0.2, 0.25) is 0 Å². The maximum atomic E-state index is 11.0. The van der Waals surface area contributed by atoms with Crippen molar-refractivity contribution in [2.75, 3.05) is 7.11 Å². The first-order valence-electron chi connectivity index (χ1n) is 6.68. The molecule has 3 rings (SSSR count). The number of oxazole rings is 1. The van der Waals surface area contributed by atoms with Crippen LogP contribution in [0.15, 0.2) is 28.9 Å². The highest BCUT2D eigenvalue weighted by Crippen LogP contribution is 2.31. The molecule has 1 saturated carbocycles. The van der Waals surface area contributed by atoms with E-state index in [0.717, 1.165) is 5.69 Å². The third-order valence-corrected chi connectivity index (χ3v) is 3.32. The number of nitro benzene ring substituents is 1. The quantitative estimate of drug-likeness (QED) is 0.649. The van der Waals surface area contributed by atoms with Crippen LogP contribution in [-0.2, 0) is 6.54 Å². The normalized spacial score (nSPS) is 14.1. The molecule has 0 radical (unpaired) electrons. The van der Waals surface area contributed by atoms with Crippen LogP contribution in [0, 0.1) is 10.1 Å². The van der Waals surface area contributed by atoms with Gasteiger partial charge in [0, 0.05) is 24.2 Å². The molecule has 0 bridgehead atoms. The molecule has 0 spiro atoms. The van der Waals surface area contributed by atoms with Crippen molar-refractivity contribution >= 4 is 5.69 Å². The molecule has 1 fully saturated rings. The van der Waals surface area contributed by atoms with Crippen LogP contribution in [0.3, 0.4) is 0 Å². The molecule has 0 amide bonds. The number of methoxy groups -OCH3 is 1. The number of aromatic nitrogens is 1. The maximum Gasteiger partial charge on any atom is 0.311 e. The Kier molecular flexibility index (Phi) is 3.57. The minimum Gasteiger partial charge on any atom is -0.490 e. The smallest absolute Gasteiger partial charge is 0.311 e. The summed E-state index contributed by atoms with van der Waals surface area (Å²) < 4.78 is 10.4. The summed E-state index contributed by atoms with van der Waals surface area (Å²) in [7, 11) is 1.40. The molecule has 1 aromatic carbocycles. The second-order valence-corrected chi connectivity index (χ2v) is 4.94. The average Bonchev–Trinajstić information content (AvgIpc) is 3.21. The van der Waals surface area contributed by atoms with Gasteiger partial charge < -0.3 is 14.5 Å². The molecule has 1 aliphatic rings. The van der Waals surface area contributed by atoms with Gasteiger partial charge in [0.05, 0.1) is 17.7 Å². The third-order valence-electron chi connectivity index (χ3n) is 3.32. The third kappa shape index (κ3) is 3.03. The highest BCUT2D eigenvalue weighted by atomic mass is 16.6. The summed E-state index contributed by atoms with van der Waals surface area (Å²) in [6.45, 7) is 0.645. The molecule has 21 heavy (non-hydrogen) atoms. The first-order chi connectivity index (χ1) is 10.2. The zero-order chi connectivity index (χ0) is 14.8. The fourth-order valence-electron chi connectivity index (χ4n) is 2.02. The van der Waals surface area contributed by atoms with E-state index in [-0.39, 0.29) is 11.4 Å². The minimum absolute atomic E-state index is 0.106. The van der Waals surface area contributed by atoms with Crippen molar-refractivity contribution in [2.24, 2.45) is 0 Å². The molecule has 1 aromatic heterocycles. The van der Waals surface area contributed by atoms with Gasteiger partial charge in [-0.25, -0.2) is 4.98 Å². The molecule has 1 heterocycles. The van der Waals surface area contributed by atoms with Gasteiger partial charge in [-0.1, -0.05) is 0 Å². The molecule has 0 unspecified atom stereocenters. The average molecular weight is 289 g/mol. The summed E-state index contributed by atoms with van der Waals surface area (Å²) >= 11 is 0. The standard InChI is InChI=1S/C14H15N3O4/c1-20-13-5-2-9(6-12(13)17(18)19)14-16-11(8-21-14)7-15-10-3-4-10/h2,5-6,8,10,15H,3-4,7H2,1H3. The number of rotatable bonds is 6. The van der Waals surface area contributed by atoms with E-state index in [2.05, 4.69) is 10.3 Å². The lowest BCUT2D eigenvalue weighted by molar-refractivity contribution is -0.385. The molecule has 1 aliphatic carbocycles. The zero-order valence-electron chi connectivity index (χ0n) is 11.5. The summed E-state index contributed by atoms with van der Waals surface area (Å²) in [4.78, 5) is 14.9. The fourth-order valence-corrected chi connectivity index (χ4v) is 2.02. The van der Waals surface area contributed by atoms with Crippen LogP contribution in [0.4, 0.5) is 5.69 Å². The van der Waals surface area contributed by atoms with E-state index in [4.69, 9.17) is 9.15 Å². The lowest BCUT2D eigenvalue weighted by Gasteiger charge is -2.02. The van der Waals surface area contributed by atoms with Gasteiger partial charge in [0.25, 0.3) is 0 Å². The second-order valence-electron chi connectivity index (χ2n) is 4.94. The van der Waals surface area contributed by atoms with E-state index >= 15 is 0 Å². The Labute approximate surface area is 121 Å². The molecule has 0 saturated heterocycles. The summed E-state index contributed by atoms with van der Waals surface area (Å²) in [6.07, 6.45) is 3.98. The van der Waals surface area contributed by atoms with Crippen LogP contribution in [0.1, 0.15) is 18.5 Å². The summed E-state index contributed by atoms with van der Waals surface area (Å²) in [5.74, 6) is 0.583. The Balaban J connectivity index is 1.82. The molecule has 7 heteroatoms. The predicted octanol–water partition coefficient (Wildman–Crippen LogP) is 2.51. The highest BCUT2D eigenvalue weighted by Gasteiger charge is 2.21. The number of benzene rings is 1. The largest absolute Gasteiger partial charge is 0.490 e. The number of nitrogens with one attached hydrogen (secondary N) is 1. The predicted molar refractivity (Wildman–Crippen MR) is 75.0 cm³/mol. The van der Waals surface area contributed by atoms with Crippen LogP contribution in [-0.4, -0.2) is 23.1 Å². The molecule has 7 nitrogen and oxygen atoms in total. The van der Waals surface area contributed by atoms with E-state index in [1.165, 1.54) is 26.0 Å². The van der Waals surface area contributed by atoms with Crippen LogP contribution in [0.5, 0.6) is 5.75 Å². The Morgan fingerprint density at radius 1 is 1.52 bits per heavy atom. The Bertz CT molecular complexity index is 664.